The van der Waals surface area contributed by atoms with Crippen LogP contribution in [0.2, 0.25) is 0 Å². The van der Waals surface area contributed by atoms with Gasteiger partial charge in [-0.1, -0.05) is 0 Å². The van der Waals surface area contributed by atoms with Crippen LogP contribution in [-0.4, -0.2) is 58.6 Å². The molecule has 2 aliphatic rings. The fraction of sp³-hybridized carbons (Fsp3) is 0.917. The molecule has 92 valence electrons. The van der Waals surface area contributed by atoms with Crippen molar-refractivity contribution in [2.24, 2.45) is 0 Å². The van der Waals surface area contributed by atoms with Gasteiger partial charge in [0.15, 0.2) is 0 Å². The molecule has 1 N–H and O–H groups in total. The van der Waals surface area contributed by atoms with Crippen molar-refractivity contribution in [2.45, 2.75) is 51.2 Å². The van der Waals surface area contributed by atoms with E-state index in [0.717, 1.165) is 19.5 Å². The van der Waals surface area contributed by atoms with Gasteiger partial charge in [0.1, 0.15) is 0 Å². The highest BCUT2D eigenvalue weighted by Crippen LogP contribution is 2.31. The van der Waals surface area contributed by atoms with Crippen LogP contribution in [0.15, 0.2) is 0 Å². The molecule has 4 nitrogen and oxygen atoms in total. The summed E-state index contributed by atoms with van der Waals surface area (Å²) in [6.45, 7) is 6.57. The molecule has 0 saturated carbocycles. The molecule has 2 rings (SSSR count). The minimum absolute atomic E-state index is 0.204. The molecular formula is C12H22N2O2. The monoisotopic (exact) mass is 226 g/mol. The molecular weight excluding hydrogens is 204 g/mol. The van der Waals surface area contributed by atoms with Gasteiger partial charge in [0, 0.05) is 31.2 Å². The third-order valence-electron chi connectivity index (χ3n) is 3.88. The fourth-order valence-electron chi connectivity index (χ4n) is 3.36. The van der Waals surface area contributed by atoms with Gasteiger partial charge in [-0.3, -0.25) is 14.6 Å². The Kier molecular flexibility index (Phi) is 3.50. The first kappa shape index (κ1) is 11.9. The van der Waals surface area contributed by atoms with Crippen molar-refractivity contribution in [3.05, 3.63) is 0 Å². The van der Waals surface area contributed by atoms with E-state index in [1.54, 1.807) is 0 Å². The lowest BCUT2D eigenvalue weighted by Gasteiger charge is -2.32. The SMILES string of the molecule is CC(C)N1C2CCC1CN(CC(=O)O)CC2. The number of hydrogen-bond donors (Lipinski definition) is 1. The Bertz CT molecular complexity index is 268. The highest BCUT2D eigenvalue weighted by molar-refractivity contribution is 5.69. The van der Waals surface area contributed by atoms with E-state index in [9.17, 15) is 4.79 Å². The van der Waals surface area contributed by atoms with E-state index >= 15 is 0 Å². The third kappa shape index (κ3) is 2.38. The first-order valence-electron chi connectivity index (χ1n) is 6.29. The highest BCUT2D eigenvalue weighted by Gasteiger charge is 2.38. The number of carboxylic acid groups (broad SMARTS) is 1. The predicted molar refractivity (Wildman–Crippen MR) is 62.5 cm³/mol. The van der Waals surface area contributed by atoms with Gasteiger partial charge < -0.3 is 5.11 Å². The van der Waals surface area contributed by atoms with Gasteiger partial charge >= 0.3 is 5.97 Å². The maximum Gasteiger partial charge on any atom is 0.317 e. The zero-order valence-electron chi connectivity index (χ0n) is 10.2. The molecule has 2 saturated heterocycles. The molecule has 0 radical (unpaired) electrons. The molecule has 2 heterocycles. The molecule has 2 atom stereocenters. The molecule has 2 aliphatic heterocycles. The van der Waals surface area contributed by atoms with Crippen LogP contribution in [0.25, 0.3) is 0 Å². The third-order valence-corrected chi connectivity index (χ3v) is 3.88. The van der Waals surface area contributed by atoms with Crippen LogP contribution in [0.3, 0.4) is 0 Å². The number of hydrogen-bond acceptors (Lipinski definition) is 3. The Morgan fingerprint density at radius 1 is 1.31 bits per heavy atom. The fourth-order valence-corrected chi connectivity index (χ4v) is 3.36. The standard InChI is InChI=1S/C12H22N2O2/c1-9(2)14-10-3-4-11(14)7-13(6-5-10)8-12(15)16/h9-11H,3-8H2,1-2H3,(H,15,16). The molecule has 0 spiro atoms. The maximum absolute atomic E-state index is 10.7. The zero-order valence-corrected chi connectivity index (χ0v) is 10.2. The van der Waals surface area contributed by atoms with Gasteiger partial charge in [-0.15, -0.1) is 0 Å². The van der Waals surface area contributed by atoms with Crippen LogP contribution in [0.1, 0.15) is 33.1 Å². The summed E-state index contributed by atoms with van der Waals surface area (Å²) in [5.74, 6) is -0.700. The average molecular weight is 226 g/mol. The second-order valence-corrected chi connectivity index (χ2v) is 5.34. The Morgan fingerprint density at radius 3 is 2.62 bits per heavy atom. The smallest absolute Gasteiger partial charge is 0.317 e. The van der Waals surface area contributed by atoms with Crippen molar-refractivity contribution in [1.29, 1.82) is 0 Å². The number of nitrogens with zero attached hydrogens (tertiary/aromatic N) is 2. The van der Waals surface area contributed by atoms with E-state index in [0.29, 0.717) is 18.1 Å². The minimum atomic E-state index is -0.700. The largest absolute Gasteiger partial charge is 0.480 e. The molecule has 0 aromatic carbocycles. The van der Waals surface area contributed by atoms with Crippen molar-refractivity contribution < 1.29 is 9.90 Å². The summed E-state index contributed by atoms with van der Waals surface area (Å²) < 4.78 is 0. The van der Waals surface area contributed by atoms with Gasteiger partial charge in [0.25, 0.3) is 0 Å². The molecule has 16 heavy (non-hydrogen) atoms. The van der Waals surface area contributed by atoms with Crippen LogP contribution in [0.5, 0.6) is 0 Å². The second kappa shape index (κ2) is 4.72. The molecule has 2 fully saturated rings. The number of aliphatic carboxylic acids is 1. The molecule has 0 aromatic rings. The van der Waals surface area contributed by atoms with E-state index in [2.05, 4.69) is 23.6 Å². The summed E-state index contributed by atoms with van der Waals surface area (Å²) in [6, 6.07) is 1.85. The van der Waals surface area contributed by atoms with Gasteiger partial charge in [0.2, 0.25) is 0 Å². The lowest BCUT2D eigenvalue weighted by molar-refractivity contribution is -0.138. The average Bonchev–Trinajstić information content (AvgIpc) is 2.45. The van der Waals surface area contributed by atoms with Crippen molar-refractivity contribution in [1.82, 2.24) is 9.80 Å². The van der Waals surface area contributed by atoms with E-state index in [-0.39, 0.29) is 6.54 Å². The quantitative estimate of drug-likeness (QED) is 0.780. The molecule has 2 unspecified atom stereocenters. The van der Waals surface area contributed by atoms with E-state index in [4.69, 9.17) is 5.11 Å². The Morgan fingerprint density at radius 2 is 2.00 bits per heavy atom. The van der Waals surface area contributed by atoms with Gasteiger partial charge in [-0.25, -0.2) is 0 Å². The molecule has 2 bridgehead atoms. The van der Waals surface area contributed by atoms with Crippen molar-refractivity contribution in [3.8, 4) is 0 Å². The van der Waals surface area contributed by atoms with Crippen molar-refractivity contribution in [2.75, 3.05) is 19.6 Å². The normalized spacial score (nSPS) is 31.9. The van der Waals surface area contributed by atoms with E-state index in [1.165, 1.54) is 12.8 Å². The van der Waals surface area contributed by atoms with Gasteiger partial charge in [-0.05, 0) is 33.1 Å². The summed E-state index contributed by atoms with van der Waals surface area (Å²) in [6.07, 6.45) is 3.66. The highest BCUT2D eigenvalue weighted by atomic mass is 16.4. The maximum atomic E-state index is 10.7. The molecule has 0 aromatic heterocycles. The Balaban J connectivity index is 2.02. The predicted octanol–water partition coefficient (Wildman–Crippen LogP) is 1.02. The lowest BCUT2D eigenvalue weighted by Crippen LogP contribution is -2.43. The lowest BCUT2D eigenvalue weighted by atomic mass is 10.1. The minimum Gasteiger partial charge on any atom is -0.480 e. The Labute approximate surface area is 97.2 Å². The van der Waals surface area contributed by atoms with Crippen LogP contribution in [0, 0.1) is 0 Å². The van der Waals surface area contributed by atoms with Gasteiger partial charge in [0.05, 0.1) is 6.54 Å². The van der Waals surface area contributed by atoms with Crippen LogP contribution >= 0.6 is 0 Å². The number of carbonyl (C=O) groups is 1. The summed E-state index contributed by atoms with van der Waals surface area (Å²) >= 11 is 0. The van der Waals surface area contributed by atoms with Crippen LogP contribution in [0.4, 0.5) is 0 Å². The summed E-state index contributed by atoms with van der Waals surface area (Å²) in [7, 11) is 0. The second-order valence-electron chi connectivity index (χ2n) is 5.34. The van der Waals surface area contributed by atoms with Crippen LogP contribution in [-0.2, 0) is 4.79 Å². The Hall–Kier alpha value is -0.610. The number of carboxylic acids is 1. The molecule has 4 heteroatoms. The number of likely N-dealkylation sites (tertiary alicyclic amines) is 1. The first-order valence-corrected chi connectivity index (χ1v) is 6.29. The first-order chi connectivity index (χ1) is 7.58. The molecule has 0 aliphatic carbocycles. The van der Waals surface area contributed by atoms with Gasteiger partial charge in [-0.2, -0.15) is 0 Å². The van der Waals surface area contributed by atoms with Crippen LogP contribution < -0.4 is 0 Å². The zero-order chi connectivity index (χ0) is 11.7. The van der Waals surface area contributed by atoms with E-state index in [1.807, 2.05) is 0 Å². The topological polar surface area (TPSA) is 43.8 Å². The summed E-state index contributed by atoms with van der Waals surface area (Å²) in [5, 5.41) is 8.85. The summed E-state index contributed by atoms with van der Waals surface area (Å²) in [4.78, 5) is 15.4. The van der Waals surface area contributed by atoms with Crippen molar-refractivity contribution >= 4 is 5.97 Å². The van der Waals surface area contributed by atoms with E-state index < -0.39 is 5.97 Å². The number of fused-ring (bicyclic) bond motifs is 2. The summed E-state index contributed by atoms with van der Waals surface area (Å²) in [5.41, 5.74) is 0. The number of rotatable bonds is 3. The van der Waals surface area contributed by atoms with Crippen molar-refractivity contribution in [3.63, 3.8) is 0 Å². The molecule has 0 amide bonds.